The van der Waals surface area contributed by atoms with E-state index in [1.54, 1.807) is 12.1 Å². The SMILES string of the molecule is Cc1ccc(F)c(C(C)N[S+]([O-])C(C)(C)C)c1. The molecule has 0 amide bonds. The first-order valence-electron chi connectivity index (χ1n) is 5.66. The Morgan fingerprint density at radius 3 is 2.47 bits per heavy atom. The molecule has 17 heavy (non-hydrogen) atoms. The minimum absolute atomic E-state index is 0.262. The van der Waals surface area contributed by atoms with E-state index >= 15 is 0 Å². The summed E-state index contributed by atoms with van der Waals surface area (Å²) < 4.78 is 28.1. The fourth-order valence-electron chi connectivity index (χ4n) is 1.40. The number of nitrogens with one attached hydrogen (secondary N) is 1. The van der Waals surface area contributed by atoms with E-state index in [1.807, 2.05) is 34.6 Å². The largest absolute Gasteiger partial charge is 0.598 e. The molecule has 2 atom stereocenters. The molecular weight excluding hydrogens is 237 g/mol. The number of halogens is 1. The molecule has 1 aromatic rings. The van der Waals surface area contributed by atoms with Crippen molar-refractivity contribution in [1.82, 2.24) is 4.72 Å². The predicted octanol–water partition coefficient (Wildman–Crippen LogP) is 3.25. The van der Waals surface area contributed by atoms with Crippen molar-refractivity contribution >= 4 is 11.4 Å². The highest BCUT2D eigenvalue weighted by molar-refractivity contribution is 7.90. The smallest absolute Gasteiger partial charge is 0.136 e. The zero-order valence-corrected chi connectivity index (χ0v) is 11.8. The summed E-state index contributed by atoms with van der Waals surface area (Å²) in [6, 6.07) is 4.69. The lowest BCUT2D eigenvalue weighted by atomic mass is 10.1. The molecule has 0 saturated carbocycles. The van der Waals surface area contributed by atoms with Crippen molar-refractivity contribution in [1.29, 1.82) is 0 Å². The molecule has 0 aliphatic heterocycles. The molecule has 1 aromatic carbocycles. The van der Waals surface area contributed by atoms with Crippen LogP contribution in [0.4, 0.5) is 4.39 Å². The van der Waals surface area contributed by atoms with E-state index in [9.17, 15) is 8.94 Å². The summed E-state index contributed by atoms with van der Waals surface area (Å²) in [4.78, 5) is 0. The minimum Gasteiger partial charge on any atom is -0.598 e. The van der Waals surface area contributed by atoms with Crippen LogP contribution in [-0.2, 0) is 11.4 Å². The number of hydrogen-bond acceptors (Lipinski definition) is 2. The van der Waals surface area contributed by atoms with Gasteiger partial charge in [0.15, 0.2) is 0 Å². The van der Waals surface area contributed by atoms with Gasteiger partial charge in [-0.05, 0) is 40.7 Å². The molecule has 1 rings (SSSR count). The summed E-state index contributed by atoms with van der Waals surface area (Å²) in [5, 5.41) is 0. The molecule has 0 aliphatic rings. The number of benzene rings is 1. The summed E-state index contributed by atoms with van der Waals surface area (Å²) in [6.45, 7) is 9.39. The zero-order valence-electron chi connectivity index (χ0n) is 11.0. The topological polar surface area (TPSA) is 35.1 Å². The lowest BCUT2D eigenvalue weighted by Gasteiger charge is -2.26. The standard InChI is InChI=1S/C13H20FNOS/c1-9-6-7-12(14)11(8-9)10(2)15-17(16)13(3,4)5/h6-8,10,15H,1-5H3. The van der Waals surface area contributed by atoms with Gasteiger partial charge < -0.3 is 4.55 Å². The van der Waals surface area contributed by atoms with Crippen LogP contribution in [0.5, 0.6) is 0 Å². The lowest BCUT2D eigenvalue weighted by Crippen LogP contribution is -2.40. The van der Waals surface area contributed by atoms with Gasteiger partial charge in [0.1, 0.15) is 10.6 Å². The Morgan fingerprint density at radius 2 is 1.94 bits per heavy atom. The first-order chi connectivity index (χ1) is 7.71. The van der Waals surface area contributed by atoms with E-state index in [1.165, 1.54) is 6.07 Å². The first-order valence-corrected chi connectivity index (χ1v) is 6.81. The minimum atomic E-state index is -1.20. The third-order valence-corrected chi connectivity index (χ3v) is 4.14. The van der Waals surface area contributed by atoms with Crippen LogP contribution in [0.1, 0.15) is 44.9 Å². The predicted molar refractivity (Wildman–Crippen MR) is 70.6 cm³/mol. The van der Waals surface area contributed by atoms with Crippen molar-refractivity contribution in [3.63, 3.8) is 0 Å². The van der Waals surface area contributed by atoms with Gasteiger partial charge in [-0.25, -0.2) is 4.39 Å². The van der Waals surface area contributed by atoms with Crippen LogP contribution in [-0.4, -0.2) is 9.30 Å². The second-order valence-electron chi connectivity index (χ2n) is 5.25. The van der Waals surface area contributed by atoms with Crippen molar-refractivity contribution in [3.8, 4) is 0 Å². The van der Waals surface area contributed by atoms with Gasteiger partial charge in [0, 0.05) is 16.9 Å². The third kappa shape index (κ3) is 3.98. The van der Waals surface area contributed by atoms with Gasteiger partial charge >= 0.3 is 0 Å². The Hall–Kier alpha value is -0.580. The quantitative estimate of drug-likeness (QED) is 0.844. The van der Waals surface area contributed by atoms with Crippen LogP contribution in [0.2, 0.25) is 0 Å². The Labute approximate surface area is 106 Å². The number of rotatable bonds is 3. The van der Waals surface area contributed by atoms with E-state index in [-0.39, 0.29) is 16.6 Å². The van der Waals surface area contributed by atoms with E-state index in [0.717, 1.165) is 5.56 Å². The molecule has 0 aliphatic carbocycles. The van der Waals surface area contributed by atoms with Crippen molar-refractivity contribution in [2.45, 2.75) is 45.4 Å². The summed E-state index contributed by atoms with van der Waals surface area (Å²) in [6.07, 6.45) is 0. The molecule has 4 heteroatoms. The van der Waals surface area contributed by atoms with Gasteiger partial charge in [0.25, 0.3) is 0 Å². The molecule has 2 unspecified atom stereocenters. The fraction of sp³-hybridized carbons (Fsp3) is 0.538. The second-order valence-corrected chi connectivity index (χ2v) is 7.24. The Morgan fingerprint density at radius 1 is 1.35 bits per heavy atom. The van der Waals surface area contributed by atoms with Gasteiger partial charge in [-0.1, -0.05) is 17.7 Å². The van der Waals surface area contributed by atoms with Crippen LogP contribution in [0, 0.1) is 12.7 Å². The highest BCUT2D eigenvalue weighted by Crippen LogP contribution is 2.22. The fourth-order valence-corrected chi connectivity index (χ4v) is 2.20. The molecule has 0 radical (unpaired) electrons. The molecule has 0 aromatic heterocycles. The maximum absolute atomic E-state index is 13.6. The monoisotopic (exact) mass is 257 g/mol. The normalized spacial score (nSPS) is 15.7. The van der Waals surface area contributed by atoms with Crippen LogP contribution in [0.15, 0.2) is 18.2 Å². The van der Waals surface area contributed by atoms with Gasteiger partial charge in [0.2, 0.25) is 0 Å². The summed E-state index contributed by atoms with van der Waals surface area (Å²) in [5.41, 5.74) is 1.55. The Balaban J connectivity index is 2.83. The lowest BCUT2D eigenvalue weighted by molar-refractivity contribution is 0.522. The molecule has 0 fully saturated rings. The van der Waals surface area contributed by atoms with Gasteiger partial charge in [-0.15, -0.1) is 4.72 Å². The summed E-state index contributed by atoms with van der Waals surface area (Å²) in [7, 11) is 0. The molecule has 0 saturated heterocycles. The molecule has 96 valence electrons. The van der Waals surface area contributed by atoms with E-state index in [2.05, 4.69) is 4.72 Å². The van der Waals surface area contributed by atoms with E-state index in [4.69, 9.17) is 0 Å². The third-order valence-electron chi connectivity index (χ3n) is 2.46. The van der Waals surface area contributed by atoms with Crippen molar-refractivity contribution < 1.29 is 8.94 Å². The van der Waals surface area contributed by atoms with Crippen molar-refractivity contribution in [2.24, 2.45) is 0 Å². The van der Waals surface area contributed by atoms with Crippen LogP contribution < -0.4 is 4.72 Å². The maximum atomic E-state index is 13.6. The molecule has 1 N–H and O–H groups in total. The van der Waals surface area contributed by atoms with Crippen LogP contribution in [0.3, 0.4) is 0 Å². The van der Waals surface area contributed by atoms with Gasteiger partial charge in [0.05, 0.1) is 6.04 Å². The number of hydrogen-bond donors (Lipinski definition) is 1. The summed E-state index contributed by atoms with van der Waals surface area (Å²) >= 11 is -1.20. The number of aryl methyl sites for hydroxylation is 1. The molecule has 0 heterocycles. The molecule has 0 bridgehead atoms. The van der Waals surface area contributed by atoms with Crippen LogP contribution >= 0.6 is 0 Å². The van der Waals surface area contributed by atoms with E-state index in [0.29, 0.717) is 5.56 Å². The second kappa shape index (κ2) is 5.38. The van der Waals surface area contributed by atoms with Crippen LogP contribution in [0.25, 0.3) is 0 Å². The molecule has 2 nitrogen and oxygen atoms in total. The zero-order chi connectivity index (χ0) is 13.2. The first kappa shape index (κ1) is 14.5. The van der Waals surface area contributed by atoms with Crippen molar-refractivity contribution in [2.75, 3.05) is 0 Å². The van der Waals surface area contributed by atoms with Gasteiger partial charge in [-0.2, -0.15) is 0 Å². The van der Waals surface area contributed by atoms with E-state index < -0.39 is 11.4 Å². The molecule has 0 spiro atoms. The summed E-state index contributed by atoms with van der Waals surface area (Å²) in [5.74, 6) is -0.262. The average molecular weight is 257 g/mol. The van der Waals surface area contributed by atoms with Crippen molar-refractivity contribution in [3.05, 3.63) is 35.1 Å². The Kier molecular flexibility index (Phi) is 4.58. The highest BCUT2D eigenvalue weighted by Gasteiger charge is 2.28. The van der Waals surface area contributed by atoms with Gasteiger partial charge in [-0.3, -0.25) is 0 Å². The Bertz CT molecular complexity index is 389. The molecular formula is C13H20FNOS. The maximum Gasteiger partial charge on any atom is 0.136 e. The average Bonchev–Trinajstić information content (AvgIpc) is 2.20. The highest BCUT2D eigenvalue weighted by atomic mass is 32.2.